The molecule has 2 aromatic rings. The molecule has 0 aliphatic carbocycles. The Bertz CT molecular complexity index is 658. The maximum atomic E-state index is 12.4. The third-order valence-electron chi connectivity index (χ3n) is 3.89. The number of para-hydroxylation sites is 1. The zero-order chi connectivity index (χ0) is 15.9. The molecular formula is C20H23NO. The van der Waals surface area contributed by atoms with Crippen molar-refractivity contribution in [1.29, 1.82) is 0 Å². The number of carbonyl (C=O) groups is 1. The second-order valence-corrected chi connectivity index (χ2v) is 5.59. The van der Waals surface area contributed by atoms with E-state index in [-0.39, 0.29) is 5.91 Å². The van der Waals surface area contributed by atoms with Gasteiger partial charge in [-0.1, -0.05) is 62.4 Å². The van der Waals surface area contributed by atoms with Crippen molar-refractivity contribution in [3.63, 3.8) is 0 Å². The molecule has 0 heterocycles. The Morgan fingerprint density at radius 2 is 1.73 bits per heavy atom. The van der Waals surface area contributed by atoms with Crippen molar-refractivity contribution in [3.05, 3.63) is 71.3 Å². The van der Waals surface area contributed by atoms with Crippen LogP contribution in [0.4, 0.5) is 5.69 Å². The van der Waals surface area contributed by atoms with Crippen molar-refractivity contribution in [3.8, 4) is 0 Å². The van der Waals surface area contributed by atoms with Crippen LogP contribution in [0.25, 0.3) is 6.08 Å². The van der Waals surface area contributed by atoms with Crippen molar-refractivity contribution < 1.29 is 4.79 Å². The summed E-state index contributed by atoms with van der Waals surface area (Å²) in [5, 5.41) is 3.04. The van der Waals surface area contributed by atoms with Gasteiger partial charge in [0, 0.05) is 11.3 Å². The van der Waals surface area contributed by atoms with Crippen molar-refractivity contribution in [2.75, 3.05) is 5.32 Å². The minimum Gasteiger partial charge on any atom is -0.322 e. The molecule has 1 unspecified atom stereocenters. The lowest BCUT2D eigenvalue weighted by atomic mass is 9.97. The van der Waals surface area contributed by atoms with Gasteiger partial charge in [-0.15, -0.1) is 0 Å². The van der Waals surface area contributed by atoms with E-state index >= 15 is 0 Å². The highest BCUT2D eigenvalue weighted by atomic mass is 16.1. The Labute approximate surface area is 132 Å². The lowest BCUT2D eigenvalue weighted by Gasteiger charge is -2.15. The van der Waals surface area contributed by atoms with Gasteiger partial charge < -0.3 is 5.32 Å². The second-order valence-electron chi connectivity index (χ2n) is 5.59. The fourth-order valence-electron chi connectivity index (χ4n) is 2.35. The van der Waals surface area contributed by atoms with Crippen LogP contribution in [0, 0.1) is 0 Å². The summed E-state index contributed by atoms with van der Waals surface area (Å²) in [4.78, 5) is 12.4. The largest absolute Gasteiger partial charge is 0.322 e. The molecule has 2 nitrogen and oxygen atoms in total. The van der Waals surface area contributed by atoms with Crippen LogP contribution in [0.5, 0.6) is 0 Å². The minimum atomic E-state index is -0.0559. The Hall–Kier alpha value is -2.35. The minimum absolute atomic E-state index is 0.0559. The van der Waals surface area contributed by atoms with Gasteiger partial charge in [-0.3, -0.25) is 4.79 Å². The quantitative estimate of drug-likeness (QED) is 0.750. The van der Waals surface area contributed by atoms with E-state index < -0.39 is 0 Å². The van der Waals surface area contributed by atoms with Gasteiger partial charge >= 0.3 is 0 Å². The summed E-state index contributed by atoms with van der Waals surface area (Å²) < 4.78 is 0. The highest BCUT2D eigenvalue weighted by Crippen LogP contribution is 2.26. The number of anilines is 1. The summed E-state index contributed by atoms with van der Waals surface area (Å²) in [6, 6.07) is 17.9. The highest BCUT2D eigenvalue weighted by Gasteiger charge is 2.11. The van der Waals surface area contributed by atoms with Crippen LogP contribution >= 0.6 is 0 Å². The number of benzene rings is 2. The summed E-state index contributed by atoms with van der Waals surface area (Å²) >= 11 is 0. The Kier molecular flexibility index (Phi) is 5.54. The van der Waals surface area contributed by atoms with Crippen molar-refractivity contribution in [1.82, 2.24) is 0 Å². The molecule has 0 bridgehead atoms. The normalized spacial score (nSPS) is 12.8. The molecule has 0 saturated carbocycles. The van der Waals surface area contributed by atoms with Gasteiger partial charge in [-0.25, -0.2) is 0 Å². The molecule has 0 spiro atoms. The number of amides is 1. The number of hydrogen-bond donors (Lipinski definition) is 1. The van der Waals surface area contributed by atoms with Crippen molar-refractivity contribution in [2.45, 2.75) is 33.1 Å². The van der Waals surface area contributed by atoms with E-state index in [1.807, 2.05) is 61.5 Å². The van der Waals surface area contributed by atoms with Gasteiger partial charge in [0.15, 0.2) is 0 Å². The first-order valence-corrected chi connectivity index (χ1v) is 7.75. The molecule has 2 rings (SSSR count). The van der Waals surface area contributed by atoms with Crippen LogP contribution in [0.15, 0.2) is 60.2 Å². The highest BCUT2D eigenvalue weighted by molar-refractivity contribution is 6.06. The number of carbonyl (C=O) groups excluding carboxylic acids is 1. The molecule has 1 amide bonds. The second kappa shape index (κ2) is 7.60. The van der Waals surface area contributed by atoms with E-state index in [2.05, 4.69) is 25.2 Å². The topological polar surface area (TPSA) is 29.1 Å². The predicted octanol–water partition coefficient (Wildman–Crippen LogP) is 5.24. The monoisotopic (exact) mass is 293 g/mol. The fourth-order valence-corrected chi connectivity index (χ4v) is 2.35. The average molecular weight is 293 g/mol. The molecule has 22 heavy (non-hydrogen) atoms. The third kappa shape index (κ3) is 4.08. The predicted molar refractivity (Wildman–Crippen MR) is 93.9 cm³/mol. The smallest absolute Gasteiger partial charge is 0.251 e. The maximum absolute atomic E-state index is 12.4. The van der Waals surface area contributed by atoms with Crippen LogP contribution in [0.3, 0.4) is 0 Å². The Morgan fingerprint density at radius 3 is 2.41 bits per heavy atom. The third-order valence-corrected chi connectivity index (χ3v) is 3.89. The zero-order valence-corrected chi connectivity index (χ0v) is 13.5. The van der Waals surface area contributed by atoms with Crippen LogP contribution in [0.1, 0.15) is 44.2 Å². The van der Waals surface area contributed by atoms with E-state index in [4.69, 9.17) is 0 Å². The number of nitrogens with one attached hydrogen (secondary N) is 1. The summed E-state index contributed by atoms with van der Waals surface area (Å²) in [6.45, 7) is 6.18. The summed E-state index contributed by atoms with van der Waals surface area (Å²) in [7, 11) is 0. The van der Waals surface area contributed by atoms with E-state index in [1.54, 1.807) is 0 Å². The summed E-state index contributed by atoms with van der Waals surface area (Å²) in [5.74, 6) is 0.370. The van der Waals surface area contributed by atoms with Crippen LogP contribution < -0.4 is 5.32 Å². The molecule has 0 aliphatic rings. The van der Waals surface area contributed by atoms with Gasteiger partial charge in [-0.05, 0) is 42.5 Å². The molecule has 2 aromatic carbocycles. The molecule has 0 fully saturated rings. The molecule has 1 atom stereocenters. The Morgan fingerprint density at radius 1 is 1.09 bits per heavy atom. The fraction of sp³-hybridized carbons (Fsp3) is 0.250. The first kappa shape index (κ1) is 16.0. The van der Waals surface area contributed by atoms with E-state index in [0.717, 1.165) is 17.7 Å². The van der Waals surface area contributed by atoms with Gasteiger partial charge in [0.25, 0.3) is 5.91 Å². The maximum Gasteiger partial charge on any atom is 0.251 e. The zero-order valence-electron chi connectivity index (χ0n) is 13.5. The van der Waals surface area contributed by atoms with Crippen molar-refractivity contribution in [2.24, 2.45) is 0 Å². The Balaban J connectivity index is 2.17. The lowest BCUT2D eigenvalue weighted by Crippen LogP contribution is -2.14. The number of hydrogen-bond acceptors (Lipinski definition) is 1. The van der Waals surface area contributed by atoms with Gasteiger partial charge in [0.1, 0.15) is 0 Å². The van der Waals surface area contributed by atoms with E-state index in [0.29, 0.717) is 11.5 Å². The van der Waals surface area contributed by atoms with Crippen LogP contribution in [-0.2, 0) is 4.79 Å². The van der Waals surface area contributed by atoms with Gasteiger partial charge in [-0.2, -0.15) is 0 Å². The van der Waals surface area contributed by atoms with Gasteiger partial charge in [0.2, 0.25) is 0 Å². The molecule has 0 aromatic heterocycles. The van der Waals surface area contributed by atoms with Crippen molar-refractivity contribution >= 4 is 17.7 Å². The first-order chi connectivity index (χ1) is 10.6. The van der Waals surface area contributed by atoms with Crippen LogP contribution in [0.2, 0.25) is 0 Å². The first-order valence-electron chi connectivity index (χ1n) is 7.75. The van der Waals surface area contributed by atoms with Crippen LogP contribution in [-0.4, -0.2) is 5.91 Å². The molecular weight excluding hydrogens is 270 g/mol. The summed E-state index contributed by atoms with van der Waals surface area (Å²) in [6.07, 6.45) is 2.95. The van der Waals surface area contributed by atoms with Gasteiger partial charge in [0.05, 0.1) is 0 Å². The molecule has 0 saturated heterocycles. The molecule has 0 radical (unpaired) electrons. The molecule has 2 heteroatoms. The SMILES string of the molecule is CCC(C)c1ccccc1NC(=O)C(C)=Cc1ccccc1. The molecule has 1 N–H and O–H groups in total. The lowest BCUT2D eigenvalue weighted by molar-refractivity contribution is -0.112. The van der Waals surface area contributed by atoms with E-state index in [1.165, 1.54) is 5.56 Å². The standard InChI is InChI=1S/C20H23NO/c1-4-15(2)18-12-8-9-13-19(18)21-20(22)16(3)14-17-10-6-5-7-11-17/h5-15H,4H2,1-3H3,(H,21,22). The number of rotatable bonds is 5. The molecule has 0 aliphatic heterocycles. The summed E-state index contributed by atoms with van der Waals surface area (Å²) in [5.41, 5.74) is 3.82. The molecule has 114 valence electrons. The average Bonchev–Trinajstić information content (AvgIpc) is 2.55. The van der Waals surface area contributed by atoms with E-state index in [9.17, 15) is 4.79 Å².